The van der Waals surface area contributed by atoms with Gasteiger partial charge in [-0.3, -0.25) is 4.79 Å². The van der Waals surface area contributed by atoms with Gasteiger partial charge in [0.15, 0.2) is 5.82 Å². The molecule has 0 unspecified atom stereocenters. The zero-order valence-electron chi connectivity index (χ0n) is 15.1. The lowest BCUT2D eigenvalue weighted by Crippen LogP contribution is -2.16. The van der Waals surface area contributed by atoms with E-state index in [0.717, 1.165) is 31.2 Å². The van der Waals surface area contributed by atoms with Gasteiger partial charge in [0.25, 0.3) is 11.8 Å². The highest BCUT2D eigenvalue weighted by Crippen LogP contribution is 2.43. The van der Waals surface area contributed by atoms with E-state index < -0.39 is 5.97 Å². The highest BCUT2D eigenvalue weighted by atomic mass is 32.1. The summed E-state index contributed by atoms with van der Waals surface area (Å²) in [6.45, 7) is 1.76. The fraction of sp³-hybridized carbons (Fsp3) is 0.474. The Kier molecular flexibility index (Phi) is 4.82. The molecule has 2 aromatic rings. The van der Waals surface area contributed by atoms with E-state index in [-0.39, 0.29) is 11.5 Å². The second kappa shape index (κ2) is 7.26. The van der Waals surface area contributed by atoms with E-state index in [1.54, 1.807) is 18.3 Å². The minimum absolute atomic E-state index is 0.223. The predicted molar refractivity (Wildman–Crippen MR) is 101 cm³/mol. The monoisotopic (exact) mass is 387 g/mol. The largest absolute Gasteiger partial charge is 0.478 e. The quantitative estimate of drug-likeness (QED) is 0.771. The van der Waals surface area contributed by atoms with Crippen molar-refractivity contribution in [2.24, 2.45) is 0 Å². The van der Waals surface area contributed by atoms with Gasteiger partial charge in [0.05, 0.1) is 5.56 Å². The predicted octanol–water partition coefficient (Wildman–Crippen LogP) is 3.88. The summed E-state index contributed by atoms with van der Waals surface area (Å²) < 4.78 is 5.41. The van der Waals surface area contributed by atoms with Crippen LogP contribution in [0, 0.1) is 6.92 Å². The summed E-state index contributed by atoms with van der Waals surface area (Å²) in [6.07, 6.45) is 6.91. The number of fused-ring (bicyclic) bond motifs is 1. The Bertz CT molecular complexity index is 941. The third-order valence-electron chi connectivity index (χ3n) is 5.14. The van der Waals surface area contributed by atoms with Crippen molar-refractivity contribution in [1.82, 2.24) is 10.1 Å². The molecule has 0 aliphatic heterocycles. The van der Waals surface area contributed by atoms with E-state index in [0.29, 0.717) is 41.6 Å². The maximum absolute atomic E-state index is 12.8. The molecular weight excluding hydrogens is 366 g/mol. The Balaban J connectivity index is 1.73. The average Bonchev–Trinajstić information content (AvgIpc) is 3.31. The lowest BCUT2D eigenvalue weighted by molar-refractivity contribution is -0.133. The molecule has 2 N–H and O–H groups in total. The van der Waals surface area contributed by atoms with Crippen LogP contribution in [0.1, 0.15) is 54.8 Å². The van der Waals surface area contributed by atoms with Crippen LogP contribution in [0.3, 0.4) is 0 Å². The van der Waals surface area contributed by atoms with Crippen LogP contribution in [0.15, 0.2) is 15.7 Å². The number of thiophene rings is 1. The normalized spacial score (nSPS) is 16.9. The SMILES string of the molecule is Cc1noc(-c2c(NC(=O)C3=C(C(=O)O)CCC3)sc3c2CCCCC3)n1. The molecule has 2 heterocycles. The minimum Gasteiger partial charge on any atom is -0.478 e. The molecule has 0 atom stereocenters. The van der Waals surface area contributed by atoms with Gasteiger partial charge in [0.1, 0.15) is 5.00 Å². The van der Waals surface area contributed by atoms with Crippen LogP contribution in [0.4, 0.5) is 5.00 Å². The van der Waals surface area contributed by atoms with Gasteiger partial charge < -0.3 is 14.9 Å². The zero-order chi connectivity index (χ0) is 19.0. The molecule has 0 aromatic carbocycles. The molecule has 1 amide bonds. The first-order valence-electron chi connectivity index (χ1n) is 9.26. The number of aryl methyl sites for hydroxylation is 2. The van der Waals surface area contributed by atoms with E-state index in [2.05, 4.69) is 15.5 Å². The second-order valence-electron chi connectivity index (χ2n) is 6.99. The molecule has 8 heteroatoms. The molecule has 0 saturated carbocycles. The van der Waals surface area contributed by atoms with Crippen LogP contribution in [-0.2, 0) is 22.4 Å². The minimum atomic E-state index is -1.01. The first kappa shape index (κ1) is 17.9. The number of aromatic nitrogens is 2. The smallest absolute Gasteiger partial charge is 0.332 e. The highest BCUT2D eigenvalue weighted by Gasteiger charge is 2.29. The molecule has 142 valence electrons. The molecular formula is C19H21N3O4S. The maximum Gasteiger partial charge on any atom is 0.332 e. The summed E-state index contributed by atoms with van der Waals surface area (Å²) in [6, 6.07) is 0. The zero-order valence-corrected chi connectivity index (χ0v) is 15.9. The summed E-state index contributed by atoms with van der Waals surface area (Å²) >= 11 is 1.55. The van der Waals surface area contributed by atoms with Gasteiger partial charge in [-0.2, -0.15) is 4.98 Å². The van der Waals surface area contributed by atoms with Crippen molar-refractivity contribution in [3.05, 3.63) is 27.4 Å². The number of carboxylic acids is 1. The third-order valence-corrected chi connectivity index (χ3v) is 6.35. The third kappa shape index (κ3) is 3.41. The molecule has 0 saturated heterocycles. The summed E-state index contributed by atoms with van der Waals surface area (Å²) in [5.41, 5.74) is 2.58. The van der Waals surface area contributed by atoms with Crippen molar-refractivity contribution in [2.45, 2.75) is 58.3 Å². The molecule has 0 radical (unpaired) electrons. The van der Waals surface area contributed by atoms with Crippen molar-refractivity contribution in [2.75, 3.05) is 5.32 Å². The van der Waals surface area contributed by atoms with Crippen molar-refractivity contribution in [3.8, 4) is 11.5 Å². The maximum atomic E-state index is 12.8. The van der Waals surface area contributed by atoms with Crippen LogP contribution in [0.5, 0.6) is 0 Å². The number of nitrogens with one attached hydrogen (secondary N) is 1. The van der Waals surface area contributed by atoms with Crippen molar-refractivity contribution >= 4 is 28.2 Å². The van der Waals surface area contributed by atoms with E-state index in [4.69, 9.17) is 4.52 Å². The molecule has 2 aromatic heterocycles. The van der Waals surface area contributed by atoms with Gasteiger partial charge in [-0.1, -0.05) is 11.6 Å². The van der Waals surface area contributed by atoms with E-state index >= 15 is 0 Å². The van der Waals surface area contributed by atoms with Gasteiger partial charge in [-0.05, 0) is 57.4 Å². The number of hydrogen-bond acceptors (Lipinski definition) is 6. The number of hydrogen-bond donors (Lipinski definition) is 2. The number of rotatable bonds is 4. The number of amides is 1. The Labute approximate surface area is 160 Å². The standard InChI is InChI=1S/C19H21N3O4S/c1-10-20-17(26-22-10)15-13-6-3-2-4-9-14(13)27-18(15)21-16(23)11-7-5-8-12(11)19(24)25/h2-9H2,1H3,(H,21,23)(H,24,25). The lowest BCUT2D eigenvalue weighted by atomic mass is 10.1. The number of carbonyl (C=O) groups is 2. The topological polar surface area (TPSA) is 105 Å². The van der Waals surface area contributed by atoms with Crippen LogP contribution >= 0.6 is 11.3 Å². The number of aliphatic carboxylic acids is 1. The van der Waals surface area contributed by atoms with E-state index in [1.807, 2.05) is 0 Å². The van der Waals surface area contributed by atoms with Crippen molar-refractivity contribution in [3.63, 3.8) is 0 Å². The van der Waals surface area contributed by atoms with Crippen LogP contribution in [-0.4, -0.2) is 27.1 Å². The highest BCUT2D eigenvalue weighted by molar-refractivity contribution is 7.17. The summed E-state index contributed by atoms with van der Waals surface area (Å²) in [5.74, 6) is -0.380. The molecule has 0 bridgehead atoms. The Morgan fingerprint density at radius 2 is 1.85 bits per heavy atom. The van der Waals surface area contributed by atoms with Crippen LogP contribution < -0.4 is 5.32 Å². The number of carboxylic acid groups (broad SMARTS) is 1. The fourth-order valence-corrected chi connectivity index (χ4v) is 5.14. The first-order valence-corrected chi connectivity index (χ1v) is 10.1. The molecule has 7 nitrogen and oxygen atoms in total. The van der Waals surface area contributed by atoms with E-state index in [1.165, 1.54) is 16.9 Å². The Morgan fingerprint density at radius 1 is 1.07 bits per heavy atom. The van der Waals surface area contributed by atoms with Crippen molar-refractivity contribution in [1.29, 1.82) is 0 Å². The molecule has 4 rings (SSSR count). The van der Waals surface area contributed by atoms with Crippen molar-refractivity contribution < 1.29 is 19.2 Å². The summed E-state index contributed by atoms with van der Waals surface area (Å²) in [4.78, 5) is 29.8. The van der Waals surface area contributed by atoms with Gasteiger partial charge >= 0.3 is 5.97 Å². The number of anilines is 1. The van der Waals surface area contributed by atoms with Gasteiger partial charge in [-0.25, -0.2) is 4.79 Å². The molecule has 2 aliphatic carbocycles. The Hall–Kier alpha value is -2.48. The molecule has 0 spiro atoms. The summed E-state index contributed by atoms with van der Waals surface area (Å²) in [7, 11) is 0. The van der Waals surface area contributed by atoms with Gasteiger partial charge in [0, 0.05) is 16.0 Å². The first-order chi connectivity index (χ1) is 13.0. The summed E-state index contributed by atoms with van der Waals surface area (Å²) in [5, 5.41) is 16.9. The Morgan fingerprint density at radius 3 is 2.59 bits per heavy atom. The molecule has 0 fully saturated rings. The van der Waals surface area contributed by atoms with E-state index in [9.17, 15) is 14.7 Å². The fourth-order valence-electron chi connectivity index (χ4n) is 3.86. The second-order valence-corrected chi connectivity index (χ2v) is 8.09. The van der Waals surface area contributed by atoms with Gasteiger partial charge in [0.2, 0.25) is 0 Å². The van der Waals surface area contributed by atoms with Crippen LogP contribution in [0.25, 0.3) is 11.5 Å². The number of nitrogens with zero attached hydrogens (tertiary/aromatic N) is 2. The average molecular weight is 387 g/mol. The lowest BCUT2D eigenvalue weighted by Gasteiger charge is -2.07. The number of carbonyl (C=O) groups excluding carboxylic acids is 1. The van der Waals surface area contributed by atoms with Crippen LogP contribution in [0.2, 0.25) is 0 Å². The molecule has 27 heavy (non-hydrogen) atoms. The van der Waals surface area contributed by atoms with Gasteiger partial charge in [-0.15, -0.1) is 11.3 Å². The molecule has 2 aliphatic rings.